The highest BCUT2D eigenvalue weighted by Gasteiger charge is 2.30. The fraction of sp³-hybridized carbons (Fsp3) is 0.409. The van der Waals surface area contributed by atoms with Crippen molar-refractivity contribution in [2.45, 2.75) is 31.6 Å². The van der Waals surface area contributed by atoms with Gasteiger partial charge in [0.15, 0.2) is 0 Å². The predicted molar refractivity (Wildman–Crippen MR) is 112 cm³/mol. The number of hydrogen-bond acceptors (Lipinski definition) is 4. The van der Waals surface area contributed by atoms with Gasteiger partial charge in [0.05, 0.1) is 23.8 Å². The third-order valence-corrected chi connectivity index (χ3v) is 7.73. The van der Waals surface area contributed by atoms with Crippen LogP contribution in [-0.2, 0) is 21.2 Å². The minimum absolute atomic E-state index is 0.154. The summed E-state index contributed by atoms with van der Waals surface area (Å²) in [5.74, 6) is -0.154. The summed E-state index contributed by atoms with van der Waals surface area (Å²) in [5, 5.41) is 0. The topological polar surface area (TPSA) is 66.9 Å². The third kappa shape index (κ3) is 3.70. The van der Waals surface area contributed by atoms with Crippen molar-refractivity contribution >= 4 is 21.6 Å². The number of aryl methyl sites for hydroxylation is 3. The first kappa shape index (κ1) is 20.1. The van der Waals surface area contributed by atoms with Crippen LogP contribution in [0.4, 0.5) is 5.69 Å². The number of amides is 1. The summed E-state index contributed by atoms with van der Waals surface area (Å²) in [4.78, 5) is 15.4. The monoisotopic (exact) mass is 414 g/mol. The summed E-state index contributed by atoms with van der Waals surface area (Å²) in [6.45, 7) is 5.85. The van der Waals surface area contributed by atoms with Gasteiger partial charge in [0.25, 0.3) is 5.91 Å². The SMILES string of the molecule is Cc1ccc(C(=O)N2CCCc3cccc(C)c32)cc1S(=O)(=O)N1CCOCC1. The van der Waals surface area contributed by atoms with Gasteiger partial charge in [0.2, 0.25) is 10.0 Å². The van der Waals surface area contributed by atoms with E-state index >= 15 is 0 Å². The molecule has 1 fully saturated rings. The Balaban J connectivity index is 1.71. The van der Waals surface area contributed by atoms with E-state index in [4.69, 9.17) is 4.74 Å². The normalized spacial score (nSPS) is 17.8. The first-order valence-corrected chi connectivity index (χ1v) is 11.4. The molecule has 1 amide bonds. The molecule has 0 spiro atoms. The van der Waals surface area contributed by atoms with Crippen LogP contribution in [0, 0.1) is 13.8 Å². The van der Waals surface area contributed by atoms with Gasteiger partial charge in [0, 0.05) is 25.2 Å². The van der Waals surface area contributed by atoms with E-state index in [2.05, 4.69) is 6.07 Å². The molecule has 0 atom stereocenters. The lowest BCUT2D eigenvalue weighted by Gasteiger charge is -2.31. The number of nitrogens with zero attached hydrogens (tertiary/aromatic N) is 2. The maximum Gasteiger partial charge on any atom is 0.258 e. The largest absolute Gasteiger partial charge is 0.379 e. The molecule has 2 aliphatic rings. The molecule has 7 heteroatoms. The fourth-order valence-electron chi connectivity index (χ4n) is 4.14. The van der Waals surface area contributed by atoms with E-state index in [0.717, 1.165) is 29.7 Å². The van der Waals surface area contributed by atoms with Crippen LogP contribution in [0.3, 0.4) is 0 Å². The van der Waals surface area contributed by atoms with E-state index < -0.39 is 10.0 Å². The predicted octanol–water partition coefficient (Wildman–Crippen LogP) is 2.92. The molecule has 0 saturated carbocycles. The minimum atomic E-state index is -3.67. The average Bonchev–Trinajstić information content (AvgIpc) is 2.74. The minimum Gasteiger partial charge on any atom is -0.379 e. The van der Waals surface area contributed by atoms with Gasteiger partial charge in [-0.2, -0.15) is 4.31 Å². The van der Waals surface area contributed by atoms with E-state index in [9.17, 15) is 13.2 Å². The first-order chi connectivity index (χ1) is 13.9. The molecule has 0 bridgehead atoms. The van der Waals surface area contributed by atoms with Gasteiger partial charge in [-0.15, -0.1) is 0 Å². The maximum absolute atomic E-state index is 13.4. The number of ether oxygens (including phenoxy) is 1. The first-order valence-electron chi connectivity index (χ1n) is 9.98. The van der Waals surface area contributed by atoms with E-state index in [1.807, 2.05) is 19.1 Å². The van der Waals surface area contributed by atoms with Gasteiger partial charge in [-0.3, -0.25) is 4.79 Å². The highest BCUT2D eigenvalue weighted by Crippen LogP contribution is 2.32. The number of hydrogen-bond donors (Lipinski definition) is 0. The van der Waals surface area contributed by atoms with Crippen molar-refractivity contribution in [2.24, 2.45) is 0 Å². The highest BCUT2D eigenvalue weighted by atomic mass is 32.2. The molecule has 0 radical (unpaired) electrons. The zero-order valence-electron chi connectivity index (χ0n) is 16.8. The maximum atomic E-state index is 13.4. The van der Waals surface area contributed by atoms with Gasteiger partial charge >= 0.3 is 0 Å². The van der Waals surface area contributed by atoms with E-state index in [1.165, 1.54) is 10.4 Å². The lowest BCUT2D eigenvalue weighted by atomic mass is 9.97. The molecule has 29 heavy (non-hydrogen) atoms. The molecule has 0 unspecified atom stereocenters. The van der Waals surface area contributed by atoms with Crippen LogP contribution in [0.1, 0.15) is 33.5 Å². The molecule has 0 aliphatic carbocycles. The van der Waals surface area contributed by atoms with Crippen molar-refractivity contribution in [3.8, 4) is 0 Å². The number of fused-ring (bicyclic) bond motifs is 1. The summed E-state index contributed by atoms with van der Waals surface area (Å²) in [6, 6.07) is 11.1. The zero-order chi connectivity index (χ0) is 20.6. The van der Waals surface area contributed by atoms with Crippen LogP contribution in [-0.4, -0.2) is 51.5 Å². The number of para-hydroxylation sites is 1. The standard InChI is InChI=1S/C22H26N2O4S/c1-16-8-9-19(15-20(16)29(26,27)23-11-13-28-14-12-23)22(25)24-10-4-7-18-6-3-5-17(2)21(18)24/h3,5-6,8-9,15H,4,7,10-14H2,1-2H3. The molecule has 0 N–H and O–H groups in total. The van der Waals surface area contributed by atoms with Crippen LogP contribution in [0.25, 0.3) is 0 Å². The lowest BCUT2D eigenvalue weighted by molar-refractivity contribution is 0.0730. The third-order valence-electron chi connectivity index (χ3n) is 5.69. The van der Waals surface area contributed by atoms with E-state index in [-0.39, 0.29) is 10.8 Å². The van der Waals surface area contributed by atoms with Crippen LogP contribution in [0.15, 0.2) is 41.3 Å². The molecular weight excluding hydrogens is 388 g/mol. The molecular formula is C22H26N2O4S. The lowest BCUT2D eigenvalue weighted by Crippen LogP contribution is -2.41. The van der Waals surface area contributed by atoms with Crippen molar-refractivity contribution < 1.29 is 17.9 Å². The van der Waals surface area contributed by atoms with Gasteiger partial charge in [-0.25, -0.2) is 8.42 Å². The molecule has 2 aromatic rings. The number of anilines is 1. The Morgan fingerprint density at radius 1 is 1.00 bits per heavy atom. The second-order valence-corrected chi connectivity index (χ2v) is 9.55. The molecule has 154 valence electrons. The van der Waals surface area contributed by atoms with Gasteiger partial charge in [-0.05, 0) is 55.5 Å². The molecule has 0 aromatic heterocycles. The Morgan fingerprint density at radius 2 is 1.76 bits per heavy atom. The van der Waals surface area contributed by atoms with Crippen LogP contribution < -0.4 is 4.90 Å². The average molecular weight is 415 g/mol. The smallest absolute Gasteiger partial charge is 0.258 e. The molecule has 2 aliphatic heterocycles. The Labute approximate surface area is 172 Å². The number of rotatable bonds is 3. The van der Waals surface area contributed by atoms with Crippen molar-refractivity contribution in [1.29, 1.82) is 0 Å². The Bertz CT molecular complexity index is 1040. The second-order valence-electron chi connectivity index (χ2n) is 7.64. The van der Waals surface area contributed by atoms with E-state index in [0.29, 0.717) is 44.0 Å². The molecule has 2 heterocycles. The summed E-state index contributed by atoms with van der Waals surface area (Å²) in [5.41, 5.74) is 4.23. The Kier molecular flexibility index (Phi) is 5.46. The summed E-state index contributed by atoms with van der Waals surface area (Å²) >= 11 is 0. The quantitative estimate of drug-likeness (QED) is 0.775. The van der Waals surface area contributed by atoms with Crippen LogP contribution in [0.2, 0.25) is 0 Å². The van der Waals surface area contributed by atoms with Crippen molar-refractivity contribution in [2.75, 3.05) is 37.7 Å². The highest BCUT2D eigenvalue weighted by molar-refractivity contribution is 7.89. The van der Waals surface area contributed by atoms with Gasteiger partial charge in [0.1, 0.15) is 0 Å². The van der Waals surface area contributed by atoms with Gasteiger partial charge < -0.3 is 9.64 Å². The number of benzene rings is 2. The fourth-order valence-corrected chi connectivity index (χ4v) is 5.80. The number of carbonyl (C=O) groups excluding carboxylic acids is 1. The van der Waals surface area contributed by atoms with E-state index in [1.54, 1.807) is 24.0 Å². The van der Waals surface area contributed by atoms with Crippen molar-refractivity contribution in [1.82, 2.24) is 4.31 Å². The zero-order valence-corrected chi connectivity index (χ0v) is 17.7. The van der Waals surface area contributed by atoms with Crippen molar-refractivity contribution in [3.05, 3.63) is 58.7 Å². The number of carbonyl (C=O) groups is 1. The molecule has 2 aromatic carbocycles. The van der Waals surface area contributed by atoms with Crippen LogP contribution in [0.5, 0.6) is 0 Å². The molecule has 1 saturated heterocycles. The number of sulfonamides is 1. The molecule has 4 rings (SSSR count). The Morgan fingerprint density at radius 3 is 2.52 bits per heavy atom. The summed E-state index contributed by atoms with van der Waals surface area (Å²) < 4.78 is 33.0. The summed E-state index contributed by atoms with van der Waals surface area (Å²) in [7, 11) is -3.67. The second kappa shape index (κ2) is 7.89. The number of morpholine rings is 1. The molecule has 6 nitrogen and oxygen atoms in total. The Hall–Kier alpha value is -2.22. The van der Waals surface area contributed by atoms with Crippen LogP contribution >= 0.6 is 0 Å². The van der Waals surface area contributed by atoms with Crippen molar-refractivity contribution in [3.63, 3.8) is 0 Å². The van der Waals surface area contributed by atoms with Gasteiger partial charge in [-0.1, -0.05) is 24.3 Å². The summed E-state index contributed by atoms with van der Waals surface area (Å²) in [6.07, 6.45) is 1.85.